The SMILES string of the molecule is CN(C(=O)OC(C)(C)C)c1cc(Sc2ccccn2)ccc1[N+](=O)[O-]. The summed E-state index contributed by atoms with van der Waals surface area (Å²) in [6.45, 7) is 5.21. The first kappa shape index (κ1) is 18.7. The number of nitro groups is 1. The zero-order chi connectivity index (χ0) is 18.6. The Morgan fingerprint density at radius 3 is 2.56 bits per heavy atom. The van der Waals surface area contributed by atoms with E-state index in [1.807, 2.05) is 18.2 Å². The summed E-state index contributed by atoms with van der Waals surface area (Å²) in [4.78, 5) is 29.1. The molecule has 0 bridgehead atoms. The quantitative estimate of drug-likeness (QED) is 0.588. The van der Waals surface area contributed by atoms with Crippen LogP contribution in [0.15, 0.2) is 52.5 Å². The van der Waals surface area contributed by atoms with Crippen molar-refractivity contribution in [3.8, 4) is 0 Å². The van der Waals surface area contributed by atoms with Crippen LogP contribution < -0.4 is 4.90 Å². The molecule has 132 valence electrons. The highest BCUT2D eigenvalue weighted by molar-refractivity contribution is 7.99. The lowest BCUT2D eigenvalue weighted by Gasteiger charge is -2.24. The number of hydrogen-bond acceptors (Lipinski definition) is 6. The number of nitrogens with zero attached hydrogens (tertiary/aromatic N) is 3. The molecule has 0 N–H and O–H groups in total. The van der Waals surface area contributed by atoms with Gasteiger partial charge in [0.15, 0.2) is 0 Å². The van der Waals surface area contributed by atoms with E-state index in [-0.39, 0.29) is 11.4 Å². The van der Waals surface area contributed by atoms with Crippen LogP contribution in [-0.4, -0.2) is 28.6 Å². The van der Waals surface area contributed by atoms with Crippen molar-refractivity contribution < 1.29 is 14.5 Å². The first-order valence-electron chi connectivity index (χ1n) is 7.51. The van der Waals surface area contributed by atoms with Gasteiger partial charge in [0, 0.05) is 24.2 Å². The summed E-state index contributed by atoms with van der Waals surface area (Å²) >= 11 is 1.35. The lowest BCUT2D eigenvalue weighted by Crippen LogP contribution is -2.34. The highest BCUT2D eigenvalue weighted by Gasteiger charge is 2.26. The zero-order valence-electron chi connectivity index (χ0n) is 14.4. The van der Waals surface area contributed by atoms with E-state index in [0.29, 0.717) is 0 Å². The minimum absolute atomic E-state index is 0.167. The second-order valence-corrected chi connectivity index (χ2v) is 7.31. The largest absolute Gasteiger partial charge is 0.443 e. The molecule has 0 atom stereocenters. The Hall–Kier alpha value is -2.61. The third-order valence-corrected chi connectivity index (χ3v) is 3.97. The van der Waals surface area contributed by atoms with E-state index in [0.717, 1.165) is 14.8 Å². The number of rotatable bonds is 4. The van der Waals surface area contributed by atoms with Crippen molar-refractivity contribution in [1.29, 1.82) is 0 Å². The van der Waals surface area contributed by atoms with Gasteiger partial charge in [-0.1, -0.05) is 17.8 Å². The summed E-state index contributed by atoms with van der Waals surface area (Å²) in [5.41, 5.74) is -0.695. The molecule has 0 unspecified atom stereocenters. The minimum atomic E-state index is -0.694. The Labute approximate surface area is 150 Å². The van der Waals surface area contributed by atoms with Crippen LogP contribution in [0.4, 0.5) is 16.2 Å². The second-order valence-electron chi connectivity index (χ2n) is 6.22. The van der Waals surface area contributed by atoms with E-state index in [4.69, 9.17) is 4.74 Å². The van der Waals surface area contributed by atoms with Gasteiger partial charge in [0.25, 0.3) is 5.69 Å². The number of aromatic nitrogens is 1. The number of carbonyl (C=O) groups is 1. The highest BCUT2D eigenvalue weighted by Crippen LogP contribution is 2.35. The second kappa shape index (κ2) is 7.52. The van der Waals surface area contributed by atoms with E-state index in [2.05, 4.69) is 4.98 Å². The minimum Gasteiger partial charge on any atom is -0.443 e. The van der Waals surface area contributed by atoms with Crippen molar-refractivity contribution in [1.82, 2.24) is 4.98 Å². The molecule has 8 heteroatoms. The normalized spacial score (nSPS) is 11.0. The molecule has 0 saturated carbocycles. The predicted molar refractivity (Wildman–Crippen MR) is 96.1 cm³/mol. The number of carbonyl (C=O) groups excluding carboxylic acids is 1. The highest BCUT2D eigenvalue weighted by atomic mass is 32.2. The van der Waals surface area contributed by atoms with Crippen molar-refractivity contribution in [3.63, 3.8) is 0 Å². The van der Waals surface area contributed by atoms with E-state index in [1.165, 1.54) is 24.9 Å². The summed E-state index contributed by atoms with van der Waals surface area (Å²) < 4.78 is 5.29. The van der Waals surface area contributed by atoms with E-state index >= 15 is 0 Å². The summed E-state index contributed by atoms with van der Waals surface area (Å²) in [6, 6.07) is 10.1. The molecule has 1 amide bonds. The van der Waals surface area contributed by atoms with Gasteiger partial charge in [0.05, 0.1) is 4.92 Å². The Bertz CT molecular complexity index is 775. The molecule has 2 aromatic rings. The summed E-state index contributed by atoms with van der Waals surface area (Å²) in [7, 11) is 1.45. The molecule has 7 nitrogen and oxygen atoms in total. The van der Waals surface area contributed by atoms with Gasteiger partial charge in [0.1, 0.15) is 16.3 Å². The number of anilines is 1. The van der Waals surface area contributed by atoms with Crippen LogP contribution in [0.2, 0.25) is 0 Å². The smallest absolute Gasteiger partial charge is 0.414 e. The maximum Gasteiger partial charge on any atom is 0.414 e. The van der Waals surface area contributed by atoms with Gasteiger partial charge in [0.2, 0.25) is 0 Å². The van der Waals surface area contributed by atoms with Crippen LogP contribution in [-0.2, 0) is 4.74 Å². The van der Waals surface area contributed by atoms with Crippen molar-refractivity contribution in [2.24, 2.45) is 0 Å². The fourth-order valence-electron chi connectivity index (χ4n) is 1.95. The lowest BCUT2D eigenvalue weighted by molar-refractivity contribution is -0.384. The Morgan fingerprint density at radius 1 is 1.28 bits per heavy atom. The van der Waals surface area contributed by atoms with Gasteiger partial charge >= 0.3 is 6.09 Å². The van der Waals surface area contributed by atoms with Gasteiger partial charge < -0.3 is 4.74 Å². The van der Waals surface area contributed by atoms with Crippen molar-refractivity contribution in [2.45, 2.75) is 36.3 Å². The summed E-state index contributed by atoms with van der Waals surface area (Å²) in [5, 5.41) is 12.1. The maximum absolute atomic E-state index is 12.3. The Balaban J connectivity index is 2.34. The average Bonchev–Trinajstić information content (AvgIpc) is 2.53. The maximum atomic E-state index is 12.3. The monoisotopic (exact) mass is 361 g/mol. The molecule has 1 aromatic heterocycles. The fraction of sp³-hybridized carbons (Fsp3) is 0.294. The molecule has 0 aliphatic carbocycles. The zero-order valence-corrected chi connectivity index (χ0v) is 15.2. The molecule has 0 fully saturated rings. The average molecular weight is 361 g/mol. The van der Waals surface area contributed by atoms with E-state index in [9.17, 15) is 14.9 Å². The number of pyridine rings is 1. The van der Waals surface area contributed by atoms with Crippen molar-refractivity contribution in [3.05, 3.63) is 52.7 Å². The molecule has 1 aromatic carbocycles. The third kappa shape index (κ3) is 5.18. The van der Waals surface area contributed by atoms with Gasteiger partial charge in [-0.3, -0.25) is 15.0 Å². The number of hydrogen-bond donors (Lipinski definition) is 0. The first-order valence-corrected chi connectivity index (χ1v) is 8.33. The number of amides is 1. The van der Waals surface area contributed by atoms with Crippen LogP contribution in [0.3, 0.4) is 0 Å². The van der Waals surface area contributed by atoms with Crippen LogP contribution in [0.25, 0.3) is 0 Å². The molecule has 0 radical (unpaired) electrons. The van der Waals surface area contributed by atoms with Gasteiger partial charge in [-0.25, -0.2) is 9.78 Å². The van der Waals surface area contributed by atoms with Crippen LogP contribution >= 0.6 is 11.8 Å². The predicted octanol–water partition coefficient (Wildman–Crippen LogP) is 4.51. The Kier molecular flexibility index (Phi) is 5.63. The third-order valence-electron chi connectivity index (χ3n) is 3.03. The number of benzene rings is 1. The molecule has 0 aliphatic heterocycles. The van der Waals surface area contributed by atoms with Crippen LogP contribution in [0, 0.1) is 10.1 Å². The molecule has 1 heterocycles. The van der Waals surface area contributed by atoms with Gasteiger partial charge in [-0.15, -0.1) is 0 Å². The molecule has 0 saturated heterocycles. The number of ether oxygens (including phenoxy) is 1. The van der Waals surface area contributed by atoms with Crippen molar-refractivity contribution >= 4 is 29.2 Å². The van der Waals surface area contributed by atoms with E-state index < -0.39 is 16.6 Å². The van der Waals surface area contributed by atoms with E-state index in [1.54, 1.807) is 39.1 Å². The lowest BCUT2D eigenvalue weighted by atomic mass is 10.2. The topological polar surface area (TPSA) is 85.6 Å². The van der Waals surface area contributed by atoms with Crippen LogP contribution in [0.5, 0.6) is 0 Å². The molecular formula is C17H19N3O4S. The Morgan fingerprint density at radius 2 is 2.00 bits per heavy atom. The molecular weight excluding hydrogens is 342 g/mol. The summed E-state index contributed by atoms with van der Waals surface area (Å²) in [5.74, 6) is 0. The summed E-state index contributed by atoms with van der Waals surface area (Å²) in [6.07, 6.45) is 1.01. The fourth-order valence-corrected chi connectivity index (χ4v) is 2.76. The standard InChI is InChI=1S/C17H19N3O4S/c1-17(2,3)24-16(21)19(4)14-11-12(8-9-13(14)20(22)23)25-15-7-5-6-10-18-15/h5-11H,1-4H3. The molecule has 25 heavy (non-hydrogen) atoms. The molecule has 0 spiro atoms. The molecule has 0 aliphatic rings. The van der Waals surface area contributed by atoms with Crippen LogP contribution in [0.1, 0.15) is 20.8 Å². The first-order chi connectivity index (χ1) is 11.7. The van der Waals surface area contributed by atoms with Gasteiger partial charge in [-0.2, -0.15) is 0 Å². The van der Waals surface area contributed by atoms with Gasteiger partial charge in [-0.05, 0) is 45.0 Å². The van der Waals surface area contributed by atoms with Crippen molar-refractivity contribution in [2.75, 3.05) is 11.9 Å². The number of nitro benzene ring substituents is 1. The molecule has 2 rings (SSSR count).